The summed E-state index contributed by atoms with van der Waals surface area (Å²) in [4.78, 5) is 11.0. The number of hydrogen-bond donors (Lipinski definition) is 8. The average Bonchev–Trinajstić information content (AvgIpc) is 2.76. The van der Waals surface area contributed by atoms with Gasteiger partial charge in [0.2, 0.25) is 6.41 Å². The standard InChI is InChI=1S/C20H37N5O8/c1-20(29)7-30-19(14(28)17(20)24-2)33-16-11(23)5-10(22)15(13(16)27)32-18-12(25-8-26)4-3-9(6-21)31-18/h8-11,13-17,19,24,27-29H,3-7,21-23H2,1-2H3,(H,25,26)/t9-,10-,11+,13+,14+,15-,16+,17-,19-,20+/m1/s1. The van der Waals surface area contributed by atoms with E-state index in [1.54, 1.807) is 7.05 Å². The maximum absolute atomic E-state index is 11.1. The number of carbonyl (C=O) groups is 1. The van der Waals surface area contributed by atoms with Gasteiger partial charge in [-0.05, 0) is 33.2 Å². The molecule has 0 aromatic carbocycles. The van der Waals surface area contributed by atoms with Crippen LogP contribution in [0, 0.1) is 0 Å². The van der Waals surface area contributed by atoms with Crippen molar-refractivity contribution in [3.8, 4) is 0 Å². The minimum absolute atomic E-state index is 0.0396. The lowest BCUT2D eigenvalue weighted by Crippen LogP contribution is -2.68. The van der Waals surface area contributed by atoms with E-state index < -0.39 is 54.4 Å². The Kier molecular flexibility index (Phi) is 8.53. The lowest BCUT2D eigenvalue weighted by atomic mass is 9.84. The molecule has 0 aromatic heterocycles. The summed E-state index contributed by atoms with van der Waals surface area (Å²) in [6.07, 6.45) is -4.13. The zero-order valence-electron chi connectivity index (χ0n) is 18.9. The summed E-state index contributed by atoms with van der Waals surface area (Å²) in [7, 11) is 1.60. The minimum Gasteiger partial charge on any atom is -0.459 e. The van der Waals surface area contributed by atoms with Crippen molar-refractivity contribution < 1.29 is 39.1 Å². The van der Waals surface area contributed by atoms with Gasteiger partial charge in [0.15, 0.2) is 6.29 Å². The van der Waals surface area contributed by atoms with Crippen molar-refractivity contribution in [2.45, 2.75) is 86.7 Å². The van der Waals surface area contributed by atoms with E-state index in [1.165, 1.54) is 6.92 Å². The van der Waals surface area contributed by atoms with Gasteiger partial charge in [-0.25, -0.2) is 0 Å². The molecular formula is C20H37N5O8. The fourth-order valence-corrected chi connectivity index (χ4v) is 4.61. The number of likely N-dealkylation sites (N-methyl/N-ethyl adjacent to an activating group) is 1. The second kappa shape index (κ2) is 10.8. The third-order valence-corrected chi connectivity index (χ3v) is 6.47. The first-order valence-corrected chi connectivity index (χ1v) is 11.1. The molecule has 3 rings (SSSR count). The Hall–Kier alpha value is -1.55. The van der Waals surface area contributed by atoms with Crippen LogP contribution in [0.25, 0.3) is 0 Å². The number of nitrogens with one attached hydrogen (secondary N) is 2. The summed E-state index contributed by atoms with van der Waals surface area (Å²) in [6.45, 7) is 1.69. The smallest absolute Gasteiger partial charge is 0.300 e. The van der Waals surface area contributed by atoms with Gasteiger partial charge in [-0.15, -0.1) is 0 Å². The van der Waals surface area contributed by atoms with Crippen molar-refractivity contribution in [1.29, 1.82) is 0 Å². The normalized spacial score (nSPS) is 44.2. The summed E-state index contributed by atoms with van der Waals surface area (Å²) in [5, 5.41) is 37.6. The molecule has 0 bridgehead atoms. The van der Waals surface area contributed by atoms with Gasteiger partial charge in [-0.2, -0.15) is 0 Å². The van der Waals surface area contributed by atoms with Crippen molar-refractivity contribution in [1.82, 2.24) is 10.6 Å². The van der Waals surface area contributed by atoms with Crippen molar-refractivity contribution in [3.05, 3.63) is 11.6 Å². The molecule has 1 aliphatic carbocycles. The van der Waals surface area contributed by atoms with E-state index in [9.17, 15) is 20.1 Å². The molecule has 0 aromatic rings. The molecule has 1 saturated carbocycles. The predicted octanol–water partition coefficient (Wildman–Crippen LogP) is -3.71. The van der Waals surface area contributed by atoms with E-state index in [0.29, 0.717) is 24.9 Å². The summed E-state index contributed by atoms with van der Waals surface area (Å²) in [6, 6.07) is -2.06. The van der Waals surface area contributed by atoms with Crippen LogP contribution < -0.4 is 27.8 Å². The Labute approximate surface area is 192 Å². The maximum atomic E-state index is 11.1. The number of aliphatic hydroxyl groups excluding tert-OH is 2. The predicted molar refractivity (Wildman–Crippen MR) is 115 cm³/mol. The number of amides is 1. The summed E-state index contributed by atoms with van der Waals surface area (Å²) in [5.41, 5.74) is 17.3. The van der Waals surface area contributed by atoms with Crippen LogP contribution >= 0.6 is 0 Å². The number of ether oxygens (including phenoxy) is 4. The second-order valence-corrected chi connectivity index (χ2v) is 9.07. The summed E-state index contributed by atoms with van der Waals surface area (Å²) in [5.74, 6) is 0.0396. The molecule has 1 amide bonds. The molecule has 13 heteroatoms. The van der Waals surface area contributed by atoms with E-state index in [4.69, 9.17) is 36.1 Å². The highest BCUT2D eigenvalue weighted by Crippen LogP contribution is 2.32. The molecule has 13 nitrogen and oxygen atoms in total. The van der Waals surface area contributed by atoms with Crippen molar-refractivity contribution in [2.24, 2.45) is 17.2 Å². The van der Waals surface area contributed by atoms with Gasteiger partial charge < -0.3 is 62.1 Å². The van der Waals surface area contributed by atoms with Crippen LogP contribution in [0.15, 0.2) is 11.6 Å². The molecule has 0 spiro atoms. The molecule has 2 aliphatic heterocycles. The number of carbonyl (C=O) groups excluding carboxylic acids is 1. The summed E-state index contributed by atoms with van der Waals surface area (Å²) >= 11 is 0. The summed E-state index contributed by atoms with van der Waals surface area (Å²) < 4.78 is 23.1. The SMILES string of the molecule is CN[C@@H]1[C@H](O)[C@@H](O[C@@H]2[C@@H](O)[C@H](OC3=C(NC=O)CC[C@H](CN)O3)[C@H](N)C[C@@H]2N)OC[C@]1(C)O. The second-order valence-electron chi connectivity index (χ2n) is 9.07. The van der Waals surface area contributed by atoms with E-state index in [1.807, 2.05) is 0 Å². The molecule has 2 heterocycles. The Bertz CT molecular complexity index is 710. The zero-order chi connectivity index (χ0) is 24.3. The van der Waals surface area contributed by atoms with E-state index >= 15 is 0 Å². The minimum atomic E-state index is -1.32. The van der Waals surface area contributed by atoms with Crippen molar-refractivity contribution in [3.63, 3.8) is 0 Å². The van der Waals surface area contributed by atoms with Crippen molar-refractivity contribution >= 4 is 6.41 Å². The molecule has 0 radical (unpaired) electrons. The van der Waals surface area contributed by atoms with Crippen LogP contribution in [-0.4, -0.2) is 102 Å². The highest BCUT2D eigenvalue weighted by atomic mass is 16.7. The van der Waals surface area contributed by atoms with Gasteiger partial charge in [0, 0.05) is 18.6 Å². The first-order valence-electron chi connectivity index (χ1n) is 11.1. The Morgan fingerprint density at radius 1 is 1.24 bits per heavy atom. The molecule has 10 atom stereocenters. The van der Waals surface area contributed by atoms with Crippen molar-refractivity contribution in [2.75, 3.05) is 20.2 Å². The van der Waals surface area contributed by atoms with Gasteiger partial charge in [0.05, 0.1) is 18.3 Å². The monoisotopic (exact) mass is 475 g/mol. The van der Waals surface area contributed by atoms with Gasteiger partial charge in [0.25, 0.3) is 5.95 Å². The molecular weight excluding hydrogens is 438 g/mol. The van der Waals surface area contributed by atoms with Gasteiger partial charge in [0.1, 0.15) is 36.1 Å². The molecule has 11 N–H and O–H groups in total. The van der Waals surface area contributed by atoms with E-state index in [2.05, 4.69) is 10.6 Å². The topological polar surface area (TPSA) is 217 Å². The van der Waals surface area contributed by atoms with Crippen LogP contribution in [0.1, 0.15) is 26.2 Å². The fraction of sp³-hybridized carbons (Fsp3) is 0.850. The quantitative estimate of drug-likeness (QED) is 0.159. The van der Waals surface area contributed by atoms with Crippen LogP contribution in [-0.2, 0) is 23.7 Å². The lowest BCUT2D eigenvalue weighted by Gasteiger charge is -2.47. The van der Waals surface area contributed by atoms with Gasteiger partial charge in [-0.3, -0.25) is 4.79 Å². The average molecular weight is 476 g/mol. The number of aliphatic hydroxyl groups is 3. The molecule has 0 unspecified atom stereocenters. The van der Waals surface area contributed by atoms with Crippen LogP contribution in [0.3, 0.4) is 0 Å². The Morgan fingerprint density at radius 2 is 1.94 bits per heavy atom. The maximum Gasteiger partial charge on any atom is 0.300 e. The molecule has 2 fully saturated rings. The number of nitrogens with two attached hydrogens (primary N) is 3. The third kappa shape index (κ3) is 5.58. The Balaban J connectivity index is 1.75. The fourth-order valence-electron chi connectivity index (χ4n) is 4.61. The zero-order valence-corrected chi connectivity index (χ0v) is 18.9. The highest BCUT2D eigenvalue weighted by molar-refractivity contribution is 5.50. The van der Waals surface area contributed by atoms with Gasteiger partial charge in [-0.1, -0.05) is 0 Å². The number of rotatable bonds is 8. The third-order valence-electron chi connectivity index (χ3n) is 6.47. The van der Waals surface area contributed by atoms with E-state index in [-0.39, 0.29) is 31.6 Å². The van der Waals surface area contributed by atoms with Gasteiger partial charge >= 0.3 is 0 Å². The highest BCUT2D eigenvalue weighted by Gasteiger charge is 2.50. The molecule has 1 saturated heterocycles. The van der Waals surface area contributed by atoms with E-state index in [0.717, 1.165) is 0 Å². The Morgan fingerprint density at radius 3 is 2.58 bits per heavy atom. The first-order chi connectivity index (χ1) is 15.6. The van der Waals surface area contributed by atoms with Crippen LogP contribution in [0.2, 0.25) is 0 Å². The van der Waals surface area contributed by atoms with Crippen LogP contribution in [0.5, 0.6) is 0 Å². The lowest BCUT2D eigenvalue weighted by molar-refractivity contribution is -0.298. The molecule has 3 aliphatic rings. The van der Waals surface area contributed by atoms with Crippen LogP contribution in [0.4, 0.5) is 0 Å². The molecule has 190 valence electrons. The number of hydrogen-bond acceptors (Lipinski definition) is 12. The number of allylic oxidation sites excluding steroid dienone is 1. The first kappa shape index (κ1) is 26.1. The largest absolute Gasteiger partial charge is 0.459 e. The molecule has 33 heavy (non-hydrogen) atoms.